The van der Waals surface area contributed by atoms with E-state index in [0.717, 1.165) is 12.8 Å². The predicted octanol–water partition coefficient (Wildman–Crippen LogP) is 4.06. The molecule has 1 aliphatic carbocycles. The Morgan fingerprint density at radius 2 is 1.62 bits per heavy atom. The zero-order valence-electron chi connectivity index (χ0n) is 14.7. The van der Waals surface area contributed by atoms with Crippen LogP contribution in [-0.2, 0) is 9.59 Å². The van der Waals surface area contributed by atoms with Crippen LogP contribution in [0.15, 0.2) is 0 Å². The number of hydrogen-bond acceptors (Lipinski definition) is 2. The van der Waals surface area contributed by atoms with Gasteiger partial charge in [0.15, 0.2) is 5.78 Å². The van der Waals surface area contributed by atoms with Gasteiger partial charge in [0.25, 0.3) is 0 Å². The number of Topliss-reactive ketones (excluding diaryl/α,β-unsaturated/α-hetero) is 1. The number of likely N-dealkylation sites (N-methyl/N-ethyl adjacent to an activating group) is 1. The lowest BCUT2D eigenvalue weighted by Gasteiger charge is -2.37. The molecule has 1 saturated carbocycles. The molecule has 0 spiro atoms. The molecule has 0 aromatic carbocycles. The second-order valence-corrected chi connectivity index (χ2v) is 8.14. The van der Waals surface area contributed by atoms with Gasteiger partial charge >= 0.3 is 0 Å². The average Bonchev–Trinajstić information content (AvgIpc) is 2.37. The standard InChI is InChI=1S/C18H33NO2/c1-13(2)17(21)16(14-10-8-7-9-11-14)19(6)15(20)12-18(3,4)5/h13-14,16H,7-12H2,1-6H3/t16-/m1/s1. The Bertz CT molecular complexity index is 362. The van der Waals surface area contributed by atoms with Crippen LogP contribution in [0, 0.1) is 17.3 Å². The fourth-order valence-electron chi connectivity index (χ4n) is 3.26. The van der Waals surface area contributed by atoms with E-state index in [-0.39, 0.29) is 29.1 Å². The van der Waals surface area contributed by atoms with Gasteiger partial charge in [0.05, 0.1) is 6.04 Å². The van der Waals surface area contributed by atoms with Crippen LogP contribution in [0.25, 0.3) is 0 Å². The topological polar surface area (TPSA) is 37.4 Å². The zero-order chi connectivity index (χ0) is 16.2. The van der Waals surface area contributed by atoms with E-state index in [1.165, 1.54) is 19.3 Å². The van der Waals surface area contributed by atoms with Gasteiger partial charge in [0, 0.05) is 19.4 Å². The van der Waals surface area contributed by atoms with E-state index >= 15 is 0 Å². The summed E-state index contributed by atoms with van der Waals surface area (Å²) in [5.74, 6) is 0.670. The largest absolute Gasteiger partial charge is 0.335 e. The van der Waals surface area contributed by atoms with E-state index in [2.05, 4.69) is 20.8 Å². The SMILES string of the molecule is CC(C)C(=O)[C@@H](C1CCCCC1)N(C)C(=O)CC(C)(C)C. The second kappa shape index (κ2) is 7.42. The summed E-state index contributed by atoms with van der Waals surface area (Å²) in [7, 11) is 1.83. The Morgan fingerprint density at radius 1 is 1.10 bits per heavy atom. The first-order valence-corrected chi connectivity index (χ1v) is 8.43. The van der Waals surface area contributed by atoms with E-state index in [4.69, 9.17) is 0 Å². The van der Waals surface area contributed by atoms with Crippen molar-refractivity contribution in [3.63, 3.8) is 0 Å². The summed E-state index contributed by atoms with van der Waals surface area (Å²) in [5, 5.41) is 0. The molecule has 0 bridgehead atoms. The van der Waals surface area contributed by atoms with Crippen LogP contribution in [0.2, 0.25) is 0 Å². The average molecular weight is 295 g/mol. The molecular formula is C18H33NO2. The maximum atomic E-state index is 12.7. The van der Waals surface area contributed by atoms with Crippen molar-refractivity contribution in [2.75, 3.05) is 7.05 Å². The zero-order valence-corrected chi connectivity index (χ0v) is 14.7. The van der Waals surface area contributed by atoms with Gasteiger partial charge in [-0.2, -0.15) is 0 Å². The molecule has 3 heteroatoms. The quantitative estimate of drug-likeness (QED) is 0.767. The lowest BCUT2D eigenvalue weighted by molar-refractivity contribution is -0.143. The number of amides is 1. The summed E-state index contributed by atoms with van der Waals surface area (Å²) in [6, 6.07) is -0.222. The first kappa shape index (κ1) is 18.2. The Balaban J connectivity index is 2.89. The Hall–Kier alpha value is -0.860. The Labute approximate surface area is 130 Å². The number of hydrogen-bond donors (Lipinski definition) is 0. The minimum atomic E-state index is -0.222. The van der Waals surface area contributed by atoms with Crippen LogP contribution >= 0.6 is 0 Å². The van der Waals surface area contributed by atoms with Gasteiger partial charge in [-0.15, -0.1) is 0 Å². The molecule has 0 aromatic rings. The lowest BCUT2D eigenvalue weighted by atomic mass is 9.79. The third-order valence-corrected chi connectivity index (χ3v) is 4.45. The van der Waals surface area contributed by atoms with Crippen molar-refractivity contribution in [1.82, 2.24) is 4.90 Å². The third-order valence-electron chi connectivity index (χ3n) is 4.45. The van der Waals surface area contributed by atoms with Gasteiger partial charge in [0.2, 0.25) is 5.91 Å². The monoisotopic (exact) mass is 295 g/mol. The Kier molecular flexibility index (Phi) is 6.42. The molecule has 1 fully saturated rings. The molecule has 0 heterocycles. The van der Waals surface area contributed by atoms with Crippen LogP contribution in [-0.4, -0.2) is 29.7 Å². The van der Waals surface area contributed by atoms with Crippen molar-refractivity contribution in [3.8, 4) is 0 Å². The molecule has 1 atom stereocenters. The van der Waals surface area contributed by atoms with E-state index in [9.17, 15) is 9.59 Å². The maximum Gasteiger partial charge on any atom is 0.223 e. The van der Waals surface area contributed by atoms with E-state index in [1.54, 1.807) is 4.90 Å². The van der Waals surface area contributed by atoms with Crippen molar-refractivity contribution in [1.29, 1.82) is 0 Å². The number of nitrogens with zero attached hydrogens (tertiary/aromatic N) is 1. The maximum absolute atomic E-state index is 12.7. The number of carbonyl (C=O) groups is 2. The first-order valence-electron chi connectivity index (χ1n) is 8.43. The van der Waals surface area contributed by atoms with Gasteiger partial charge in [-0.25, -0.2) is 0 Å². The van der Waals surface area contributed by atoms with Crippen molar-refractivity contribution in [2.24, 2.45) is 17.3 Å². The summed E-state index contributed by atoms with van der Waals surface area (Å²) < 4.78 is 0. The fraction of sp³-hybridized carbons (Fsp3) is 0.889. The summed E-state index contributed by atoms with van der Waals surface area (Å²) in [6.45, 7) is 10.1. The second-order valence-electron chi connectivity index (χ2n) is 8.14. The highest BCUT2D eigenvalue weighted by Gasteiger charge is 2.36. The molecule has 1 rings (SSSR count). The van der Waals surface area contributed by atoms with Crippen molar-refractivity contribution >= 4 is 11.7 Å². The van der Waals surface area contributed by atoms with Crippen LogP contribution in [0.1, 0.15) is 73.1 Å². The van der Waals surface area contributed by atoms with Crippen molar-refractivity contribution in [3.05, 3.63) is 0 Å². The molecule has 1 amide bonds. The highest BCUT2D eigenvalue weighted by atomic mass is 16.2. The molecule has 1 aliphatic rings. The third kappa shape index (κ3) is 5.44. The highest BCUT2D eigenvalue weighted by Crippen LogP contribution is 2.31. The number of ketones is 1. The van der Waals surface area contributed by atoms with E-state index in [1.807, 2.05) is 20.9 Å². The van der Waals surface area contributed by atoms with E-state index in [0.29, 0.717) is 12.3 Å². The summed E-state index contributed by atoms with van der Waals surface area (Å²) in [5.41, 5.74) is -0.0384. The van der Waals surface area contributed by atoms with Gasteiger partial charge in [-0.05, 0) is 24.2 Å². The normalized spacial score (nSPS) is 18.6. The summed E-state index contributed by atoms with van der Waals surface area (Å²) in [4.78, 5) is 27.0. The smallest absolute Gasteiger partial charge is 0.223 e. The Morgan fingerprint density at radius 3 is 2.05 bits per heavy atom. The van der Waals surface area contributed by atoms with Gasteiger partial charge < -0.3 is 4.90 Å². The minimum absolute atomic E-state index is 0.0122. The molecule has 21 heavy (non-hydrogen) atoms. The van der Waals surface area contributed by atoms with Crippen LogP contribution in [0.3, 0.4) is 0 Å². The van der Waals surface area contributed by atoms with Crippen LogP contribution in [0.5, 0.6) is 0 Å². The van der Waals surface area contributed by atoms with Gasteiger partial charge in [0.1, 0.15) is 0 Å². The highest BCUT2D eigenvalue weighted by molar-refractivity contribution is 5.90. The predicted molar refractivity (Wildman–Crippen MR) is 87.1 cm³/mol. The molecule has 0 saturated heterocycles. The molecule has 0 N–H and O–H groups in total. The molecule has 0 radical (unpaired) electrons. The number of rotatable bonds is 5. The van der Waals surface area contributed by atoms with Crippen molar-refractivity contribution in [2.45, 2.75) is 79.2 Å². The van der Waals surface area contributed by atoms with Crippen LogP contribution in [0.4, 0.5) is 0 Å². The van der Waals surface area contributed by atoms with Gasteiger partial charge in [-0.3, -0.25) is 9.59 Å². The van der Waals surface area contributed by atoms with Crippen LogP contribution < -0.4 is 0 Å². The number of carbonyl (C=O) groups excluding carboxylic acids is 2. The lowest BCUT2D eigenvalue weighted by Crippen LogP contribution is -2.49. The molecule has 0 unspecified atom stereocenters. The molecule has 3 nitrogen and oxygen atoms in total. The summed E-state index contributed by atoms with van der Waals surface area (Å²) >= 11 is 0. The summed E-state index contributed by atoms with van der Waals surface area (Å²) in [6.07, 6.45) is 6.30. The minimum Gasteiger partial charge on any atom is -0.335 e. The first-order chi connectivity index (χ1) is 9.63. The molecule has 0 aromatic heterocycles. The molecular weight excluding hydrogens is 262 g/mol. The van der Waals surface area contributed by atoms with E-state index < -0.39 is 0 Å². The van der Waals surface area contributed by atoms with Gasteiger partial charge in [-0.1, -0.05) is 53.9 Å². The molecule has 0 aliphatic heterocycles. The molecule has 122 valence electrons. The fourth-order valence-corrected chi connectivity index (χ4v) is 3.26. The van der Waals surface area contributed by atoms with Crippen molar-refractivity contribution < 1.29 is 9.59 Å².